The summed E-state index contributed by atoms with van der Waals surface area (Å²) in [6.45, 7) is 5.93. The van der Waals surface area contributed by atoms with Crippen LogP contribution in [0.3, 0.4) is 0 Å². The zero-order valence-electron chi connectivity index (χ0n) is 16.4. The van der Waals surface area contributed by atoms with E-state index >= 15 is 0 Å². The van der Waals surface area contributed by atoms with Crippen LogP contribution in [-0.2, 0) is 11.2 Å². The monoisotopic (exact) mass is 380 g/mol. The fourth-order valence-electron chi connectivity index (χ4n) is 3.44. The number of urea groups is 1. The van der Waals surface area contributed by atoms with Gasteiger partial charge in [0.05, 0.1) is 6.04 Å². The van der Waals surface area contributed by atoms with E-state index in [4.69, 9.17) is 0 Å². The highest BCUT2D eigenvalue weighted by molar-refractivity contribution is 5.93. The van der Waals surface area contributed by atoms with Crippen molar-refractivity contribution < 1.29 is 9.59 Å². The van der Waals surface area contributed by atoms with E-state index in [0.717, 1.165) is 18.5 Å². The van der Waals surface area contributed by atoms with Crippen molar-refractivity contribution in [3.63, 3.8) is 0 Å². The van der Waals surface area contributed by atoms with Crippen LogP contribution in [-0.4, -0.2) is 42.5 Å². The van der Waals surface area contributed by atoms with Crippen molar-refractivity contribution in [1.29, 1.82) is 0 Å². The second-order valence-corrected chi connectivity index (χ2v) is 7.03. The molecule has 3 rings (SSSR count). The second-order valence-electron chi connectivity index (χ2n) is 7.03. The molecule has 1 saturated heterocycles. The lowest BCUT2D eigenvalue weighted by Gasteiger charge is -2.38. The van der Waals surface area contributed by atoms with Gasteiger partial charge in [0, 0.05) is 25.3 Å². The predicted molar refractivity (Wildman–Crippen MR) is 111 cm³/mol. The Morgan fingerprint density at radius 2 is 1.86 bits per heavy atom. The topological polar surface area (TPSA) is 73.5 Å². The molecule has 1 fully saturated rings. The van der Waals surface area contributed by atoms with E-state index in [1.165, 1.54) is 5.56 Å². The SMILES string of the molecule is CCc1ccc(C2CNCCN2C(=O)C(C)NC(=O)Nc2ccccc2)cc1. The van der Waals surface area contributed by atoms with Gasteiger partial charge in [0.15, 0.2) is 0 Å². The summed E-state index contributed by atoms with van der Waals surface area (Å²) in [6, 6.07) is 16.6. The number of nitrogens with zero attached hydrogens (tertiary/aromatic N) is 1. The van der Waals surface area contributed by atoms with Crippen LogP contribution in [0.1, 0.15) is 31.0 Å². The molecular formula is C22H28N4O2. The number of hydrogen-bond donors (Lipinski definition) is 3. The number of amides is 3. The van der Waals surface area contributed by atoms with E-state index < -0.39 is 6.04 Å². The van der Waals surface area contributed by atoms with Gasteiger partial charge < -0.3 is 20.9 Å². The van der Waals surface area contributed by atoms with Gasteiger partial charge in [0.25, 0.3) is 0 Å². The predicted octanol–water partition coefficient (Wildman–Crippen LogP) is 2.93. The fraction of sp³-hybridized carbons (Fsp3) is 0.364. The number of anilines is 1. The highest BCUT2D eigenvalue weighted by Gasteiger charge is 2.31. The second kappa shape index (κ2) is 9.37. The third kappa shape index (κ3) is 4.89. The molecule has 0 radical (unpaired) electrons. The van der Waals surface area contributed by atoms with Crippen molar-refractivity contribution >= 4 is 17.6 Å². The molecule has 6 heteroatoms. The molecule has 1 heterocycles. The third-order valence-corrected chi connectivity index (χ3v) is 5.05. The molecule has 0 spiro atoms. The van der Waals surface area contributed by atoms with Crippen molar-refractivity contribution in [2.45, 2.75) is 32.4 Å². The van der Waals surface area contributed by atoms with Gasteiger partial charge in [0.1, 0.15) is 6.04 Å². The minimum Gasteiger partial charge on any atom is -0.331 e. The van der Waals surface area contributed by atoms with E-state index in [1.807, 2.05) is 23.1 Å². The number of rotatable bonds is 5. The first kappa shape index (κ1) is 19.9. The van der Waals surface area contributed by atoms with E-state index in [1.54, 1.807) is 19.1 Å². The third-order valence-electron chi connectivity index (χ3n) is 5.05. The van der Waals surface area contributed by atoms with Crippen molar-refractivity contribution in [2.24, 2.45) is 0 Å². The molecule has 2 aromatic carbocycles. The molecule has 2 atom stereocenters. The average molecular weight is 380 g/mol. The molecule has 0 aliphatic carbocycles. The smallest absolute Gasteiger partial charge is 0.319 e. The maximum absolute atomic E-state index is 13.0. The van der Waals surface area contributed by atoms with E-state index in [0.29, 0.717) is 18.8 Å². The number of aryl methyl sites for hydroxylation is 1. The Hall–Kier alpha value is -2.86. The maximum Gasteiger partial charge on any atom is 0.319 e. The Balaban J connectivity index is 1.65. The van der Waals surface area contributed by atoms with Crippen LogP contribution in [0.15, 0.2) is 54.6 Å². The molecule has 148 valence electrons. The average Bonchev–Trinajstić information content (AvgIpc) is 2.74. The lowest BCUT2D eigenvalue weighted by molar-refractivity contribution is -0.136. The molecule has 1 aliphatic heterocycles. The van der Waals surface area contributed by atoms with Crippen LogP contribution in [0.5, 0.6) is 0 Å². The van der Waals surface area contributed by atoms with Gasteiger partial charge in [-0.1, -0.05) is 49.4 Å². The standard InChI is InChI=1S/C22H28N4O2/c1-3-17-9-11-18(12-10-17)20-15-23-13-14-26(20)21(27)16(2)24-22(28)25-19-7-5-4-6-8-19/h4-12,16,20,23H,3,13-15H2,1-2H3,(H2,24,25,28). The van der Waals surface area contributed by atoms with Gasteiger partial charge in [-0.2, -0.15) is 0 Å². The maximum atomic E-state index is 13.0. The van der Waals surface area contributed by atoms with Crippen LogP contribution in [0.2, 0.25) is 0 Å². The Kier molecular flexibility index (Phi) is 6.66. The summed E-state index contributed by atoms with van der Waals surface area (Å²) < 4.78 is 0. The summed E-state index contributed by atoms with van der Waals surface area (Å²) in [5.41, 5.74) is 3.08. The van der Waals surface area contributed by atoms with Crippen LogP contribution < -0.4 is 16.0 Å². The Morgan fingerprint density at radius 3 is 2.54 bits per heavy atom. The zero-order valence-corrected chi connectivity index (χ0v) is 16.4. The number of carbonyl (C=O) groups is 2. The normalized spacial score (nSPS) is 17.6. The number of hydrogen-bond acceptors (Lipinski definition) is 3. The van der Waals surface area contributed by atoms with Gasteiger partial charge in [-0.05, 0) is 36.6 Å². The van der Waals surface area contributed by atoms with Crippen LogP contribution in [0, 0.1) is 0 Å². The summed E-state index contributed by atoms with van der Waals surface area (Å²) >= 11 is 0. The first-order valence-electron chi connectivity index (χ1n) is 9.81. The van der Waals surface area contributed by atoms with Crippen molar-refractivity contribution in [3.05, 3.63) is 65.7 Å². The molecule has 6 nitrogen and oxygen atoms in total. The first-order chi connectivity index (χ1) is 13.6. The summed E-state index contributed by atoms with van der Waals surface area (Å²) in [7, 11) is 0. The van der Waals surface area contributed by atoms with Gasteiger partial charge in [-0.15, -0.1) is 0 Å². The quantitative estimate of drug-likeness (QED) is 0.747. The van der Waals surface area contributed by atoms with Crippen LogP contribution in [0.4, 0.5) is 10.5 Å². The van der Waals surface area contributed by atoms with Crippen LogP contribution >= 0.6 is 0 Å². The molecule has 3 amide bonds. The Morgan fingerprint density at radius 1 is 1.14 bits per heavy atom. The van der Waals surface area contributed by atoms with Crippen LogP contribution in [0.25, 0.3) is 0 Å². The molecule has 1 aliphatic rings. The Labute approximate surface area is 166 Å². The summed E-state index contributed by atoms with van der Waals surface area (Å²) in [5, 5.41) is 8.87. The molecule has 0 bridgehead atoms. The number of benzene rings is 2. The minimum atomic E-state index is -0.612. The van der Waals surface area contributed by atoms with Crippen molar-refractivity contribution in [1.82, 2.24) is 15.5 Å². The van der Waals surface area contributed by atoms with Crippen molar-refractivity contribution in [2.75, 3.05) is 25.0 Å². The summed E-state index contributed by atoms with van der Waals surface area (Å²) in [5.74, 6) is -0.0747. The number of para-hydroxylation sites is 1. The summed E-state index contributed by atoms with van der Waals surface area (Å²) in [6.07, 6.45) is 0.989. The molecule has 2 aromatic rings. The van der Waals surface area contributed by atoms with Gasteiger partial charge in [0.2, 0.25) is 5.91 Å². The van der Waals surface area contributed by atoms with E-state index in [2.05, 4.69) is 47.1 Å². The number of carbonyl (C=O) groups excluding carboxylic acids is 2. The van der Waals surface area contributed by atoms with Gasteiger partial charge in [-0.3, -0.25) is 4.79 Å². The van der Waals surface area contributed by atoms with Gasteiger partial charge >= 0.3 is 6.03 Å². The molecule has 0 aromatic heterocycles. The molecule has 28 heavy (non-hydrogen) atoms. The molecule has 2 unspecified atom stereocenters. The molecule has 3 N–H and O–H groups in total. The minimum absolute atomic E-state index is 0.0337. The largest absolute Gasteiger partial charge is 0.331 e. The van der Waals surface area contributed by atoms with Crippen molar-refractivity contribution in [3.8, 4) is 0 Å². The lowest BCUT2D eigenvalue weighted by Crippen LogP contribution is -2.54. The van der Waals surface area contributed by atoms with Gasteiger partial charge in [-0.25, -0.2) is 4.79 Å². The first-order valence-corrected chi connectivity index (χ1v) is 9.81. The van der Waals surface area contributed by atoms with E-state index in [-0.39, 0.29) is 18.0 Å². The lowest BCUT2D eigenvalue weighted by atomic mass is 10.00. The molecular weight excluding hydrogens is 352 g/mol. The molecule has 0 saturated carbocycles. The Bertz CT molecular complexity index is 792. The number of piperazine rings is 1. The highest BCUT2D eigenvalue weighted by Crippen LogP contribution is 2.23. The summed E-state index contributed by atoms with van der Waals surface area (Å²) in [4.78, 5) is 27.1. The fourth-order valence-corrected chi connectivity index (χ4v) is 3.44. The zero-order chi connectivity index (χ0) is 19.9. The van der Waals surface area contributed by atoms with E-state index in [9.17, 15) is 9.59 Å². The highest BCUT2D eigenvalue weighted by atomic mass is 16.2. The number of nitrogens with one attached hydrogen (secondary N) is 3.